The molecule has 84 valence electrons. The van der Waals surface area contributed by atoms with Gasteiger partial charge < -0.3 is 0 Å². The fraction of sp³-hybridized carbons (Fsp3) is 1.00. The molecule has 0 aromatic rings. The van der Waals surface area contributed by atoms with Crippen LogP contribution in [0.4, 0.5) is 0 Å². The minimum Gasteiger partial charge on any atom is -0.139 e. The van der Waals surface area contributed by atoms with Crippen LogP contribution in [0.3, 0.4) is 0 Å². The molecule has 0 amide bonds. The van der Waals surface area contributed by atoms with Crippen molar-refractivity contribution in [2.75, 3.05) is 0 Å². The van der Waals surface area contributed by atoms with Crippen LogP contribution in [0, 0.1) is 17.8 Å². The second kappa shape index (κ2) is 2.84. The molecule has 0 heterocycles. The molecule has 0 aromatic heterocycles. The first-order valence-electron chi connectivity index (χ1n) is 6.07. The van der Waals surface area contributed by atoms with E-state index in [4.69, 9.17) is 4.52 Å². The molecule has 3 unspecified atom stereocenters. The van der Waals surface area contributed by atoms with Gasteiger partial charge in [0.05, 0.1) is 0 Å². The monoisotopic (exact) mass is 227 g/mol. The van der Waals surface area contributed by atoms with Crippen molar-refractivity contribution in [1.29, 1.82) is 0 Å². The summed E-state index contributed by atoms with van der Waals surface area (Å²) in [6.45, 7) is 6.02. The molecule has 4 aliphatic carbocycles. The summed E-state index contributed by atoms with van der Waals surface area (Å²) in [7, 11) is -1.51. The SMILES string of the molecule is CC(C)(C)[P+](=O)OC12CC3CC1CC3C2. The summed E-state index contributed by atoms with van der Waals surface area (Å²) in [6, 6.07) is 0. The van der Waals surface area contributed by atoms with E-state index in [0.717, 1.165) is 17.8 Å². The standard InChI is InChI=1S/C12H20O2P/c1-11(2,3)15(13)14-12-6-8-4-10(12)5-9(8)7-12/h8-10H,4-7H2,1-3H3/q+1. The maximum absolute atomic E-state index is 12.1. The Hall–Kier alpha value is 0.0600. The Kier molecular flexibility index (Phi) is 1.94. The van der Waals surface area contributed by atoms with E-state index in [2.05, 4.69) is 0 Å². The molecule has 15 heavy (non-hydrogen) atoms. The Bertz CT molecular complexity index is 304. The first kappa shape index (κ1) is 10.2. The zero-order valence-corrected chi connectivity index (χ0v) is 10.7. The van der Waals surface area contributed by atoms with Gasteiger partial charge in [0.2, 0.25) is 0 Å². The van der Waals surface area contributed by atoms with Crippen molar-refractivity contribution in [3.63, 3.8) is 0 Å². The van der Waals surface area contributed by atoms with Crippen molar-refractivity contribution in [3.05, 3.63) is 0 Å². The van der Waals surface area contributed by atoms with E-state index in [-0.39, 0.29) is 10.8 Å². The van der Waals surface area contributed by atoms with Gasteiger partial charge in [0.15, 0.2) is 5.16 Å². The Labute approximate surface area is 92.6 Å². The topological polar surface area (TPSA) is 26.3 Å². The maximum Gasteiger partial charge on any atom is 0.514 e. The van der Waals surface area contributed by atoms with E-state index in [9.17, 15) is 4.57 Å². The molecule has 2 nitrogen and oxygen atoms in total. The lowest BCUT2D eigenvalue weighted by atomic mass is 9.95. The van der Waals surface area contributed by atoms with Crippen molar-refractivity contribution in [2.45, 2.75) is 57.2 Å². The van der Waals surface area contributed by atoms with Gasteiger partial charge >= 0.3 is 8.03 Å². The second-order valence-electron chi connectivity index (χ2n) is 6.68. The van der Waals surface area contributed by atoms with Crippen LogP contribution in [0.1, 0.15) is 46.5 Å². The molecule has 4 bridgehead atoms. The van der Waals surface area contributed by atoms with Gasteiger partial charge in [-0.1, -0.05) is 0 Å². The molecule has 4 aliphatic rings. The van der Waals surface area contributed by atoms with E-state index in [1.165, 1.54) is 25.7 Å². The predicted molar refractivity (Wildman–Crippen MR) is 60.1 cm³/mol. The molecule has 4 fully saturated rings. The Balaban J connectivity index is 1.77. The van der Waals surface area contributed by atoms with Gasteiger partial charge in [0, 0.05) is 0 Å². The van der Waals surface area contributed by atoms with Crippen molar-refractivity contribution in [2.24, 2.45) is 17.8 Å². The molecular weight excluding hydrogens is 207 g/mol. The minimum atomic E-state index is -1.51. The molecule has 3 heteroatoms. The Morgan fingerprint density at radius 2 is 1.73 bits per heavy atom. The summed E-state index contributed by atoms with van der Waals surface area (Å²) in [5, 5.41) is -0.199. The van der Waals surface area contributed by atoms with Crippen molar-refractivity contribution < 1.29 is 9.09 Å². The average Bonchev–Trinajstić information content (AvgIpc) is 2.70. The van der Waals surface area contributed by atoms with Gasteiger partial charge in [-0.05, 0) is 68.8 Å². The van der Waals surface area contributed by atoms with Crippen LogP contribution in [-0.2, 0) is 9.09 Å². The highest BCUT2D eigenvalue weighted by molar-refractivity contribution is 7.41. The molecule has 3 atom stereocenters. The predicted octanol–water partition coefficient (Wildman–Crippen LogP) is 3.73. The van der Waals surface area contributed by atoms with Crippen molar-refractivity contribution in [1.82, 2.24) is 0 Å². The van der Waals surface area contributed by atoms with Gasteiger partial charge in [-0.2, -0.15) is 0 Å². The maximum atomic E-state index is 12.1. The van der Waals surface area contributed by atoms with Crippen LogP contribution in [-0.4, -0.2) is 10.8 Å². The van der Waals surface area contributed by atoms with Crippen LogP contribution in [0.2, 0.25) is 0 Å². The lowest BCUT2D eigenvalue weighted by Gasteiger charge is -2.23. The van der Waals surface area contributed by atoms with E-state index in [1.54, 1.807) is 0 Å². The third-order valence-electron chi connectivity index (χ3n) is 4.61. The summed E-state index contributed by atoms with van der Waals surface area (Å²) in [4.78, 5) is 0. The molecule has 0 saturated heterocycles. The first-order chi connectivity index (χ1) is 6.91. The highest BCUT2D eigenvalue weighted by Gasteiger charge is 2.67. The number of hydrogen-bond acceptors (Lipinski definition) is 2. The molecule has 0 aliphatic heterocycles. The van der Waals surface area contributed by atoms with Gasteiger partial charge in [-0.3, -0.25) is 0 Å². The third kappa shape index (κ3) is 1.34. The van der Waals surface area contributed by atoms with Crippen molar-refractivity contribution >= 4 is 8.03 Å². The summed E-state index contributed by atoms with van der Waals surface area (Å²) < 4.78 is 18.1. The van der Waals surface area contributed by atoms with E-state index >= 15 is 0 Å². The van der Waals surface area contributed by atoms with Crippen LogP contribution in [0.25, 0.3) is 0 Å². The van der Waals surface area contributed by atoms with Crippen LogP contribution in [0.5, 0.6) is 0 Å². The largest absolute Gasteiger partial charge is 0.514 e. The van der Waals surface area contributed by atoms with Crippen LogP contribution < -0.4 is 0 Å². The minimum absolute atomic E-state index is 0.0378. The molecule has 4 rings (SSSR count). The molecular formula is C12H20O2P+. The van der Waals surface area contributed by atoms with E-state index < -0.39 is 8.03 Å². The number of rotatable bonds is 2. The smallest absolute Gasteiger partial charge is 0.139 e. The Morgan fingerprint density at radius 1 is 1.20 bits per heavy atom. The van der Waals surface area contributed by atoms with Gasteiger partial charge in [0.1, 0.15) is 5.60 Å². The summed E-state index contributed by atoms with van der Waals surface area (Å²) >= 11 is 0. The third-order valence-corrected chi connectivity index (χ3v) is 6.24. The van der Waals surface area contributed by atoms with Gasteiger partial charge in [0.25, 0.3) is 0 Å². The average molecular weight is 227 g/mol. The van der Waals surface area contributed by atoms with Gasteiger partial charge in [-0.25, -0.2) is 0 Å². The van der Waals surface area contributed by atoms with Crippen LogP contribution >= 0.6 is 8.03 Å². The lowest BCUT2D eigenvalue weighted by molar-refractivity contribution is 0.0609. The highest BCUT2D eigenvalue weighted by Crippen LogP contribution is 2.69. The zero-order chi connectivity index (χ0) is 10.8. The zero-order valence-electron chi connectivity index (χ0n) is 9.82. The lowest BCUT2D eigenvalue weighted by Crippen LogP contribution is -2.30. The first-order valence-corrected chi connectivity index (χ1v) is 7.25. The fourth-order valence-corrected chi connectivity index (χ4v) is 4.80. The van der Waals surface area contributed by atoms with E-state index in [0.29, 0.717) is 0 Å². The normalized spacial score (nSPS) is 47.9. The van der Waals surface area contributed by atoms with Gasteiger partial charge in [-0.15, -0.1) is 4.52 Å². The summed E-state index contributed by atoms with van der Waals surface area (Å²) in [5.74, 6) is 2.53. The van der Waals surface area contributed by atoms with Crippen molar-refractivity contribution in [3.8, 4) is 0 Å². The summed E-state index contributed by atoms with van der Waals surface area (Å²) in [6.07, 6.45) is 5.08. The fourth-order valence-electron chi connectivity index (χ4n) is 3.90. The molecule has 0 radical (unpaired) electrons. The quantitative estimate of drug-likeness (QED) is 0.672. The second-order valence-corrected chi connectivity index (χ2v) is 8.72. The highest BCUT2D eigenvalue weighted by atomic mass is 31.1. The van der Waals surface area contributed by atoms with Crippen LogP contribution in [0.15, 0.2) is 0 Å². The van der Waals surface area contributed by atoms with E-state index in [1.807, 2.05) is 20.8 Å². The summed E-state index contributed by atoms with van der Waals surface area (Å²) in [5.41, 5.74) is 0.0378. The molecule has 0 N–H and O–H groups in total. The molecule has 0 aromatic carbocycles. The number of hydrogen-bond donors (Lipinski definition) is 0. The molecule has 0 spiro atoms. The Morgan fingerprint density at radius 3 is 2.07 bits per heavy atom. The molecule has 4 saturated carbocycles.